The zero-order valence-electron chi connectivity index (χ0n) is 14.5. The first-order chi connectivity index (χ1) is 11.6. The van der Waals surface area contributed by atoms with Gasteiger partial charge in [-0.25, -0.2) is 0 Å². The summed E-state index contributed by atoms with van der Waals surface area (Å²) in [5.74, 6) is 0. The van der Waals surface area contributed by atoms with Gasteiger partial charge in [-0.3, -0.25) is 4.90 Å². The Hall–Kier alpha value is -1.06. The first kappa shape index (κ1) is 19.3. The van der Waals surface area contributed by atoms with Crippen molar-refractivity contribution in [3.05, 3.63) is 69.7 Å². The molecule has 0 amide bonds. The van der Waals surface area contributed by atoms with Gasteiger partial charge in [0.25, 0.3) is 0 Å². The normalized spacial score (nSPS) is 11.4. The third-order valence-electron chi connectivity index (χ3n) is 4.28. The highest BCUT2D eigenvalue weighted by molar-refractivity contribution is 6.35. The van der Waals surface area contributed by atoms with Crippen LogP contribution in [0, 0.1) is 0 Å². The van der Waals surface area contributed by atoms with Gasteiger partial charge in [0.2, 0.25) is 0 Å². The topological polar surface area (TPSA) is 6.48 Å². The van der Waals surface area contributed by atoms with Gasteiger partial charge >= 0.3 is 0 Å². The fourth-order valence-electron chi connectivity index (χ4n) is 2.77. The molecular weight excluding hydrogens is 339 g/mol. The van der Waals surface area contributed by atoms with E-state index < -0.39 is 0 Å². The first-order valence-corrected chi connectivity index (χ1v) is 9.30. The lowest BCUT2D eigenvalue weighted by Crippen LogP contribution is -2.34. The minimum absolute atomic E-state index is 0.682. The van der Waals surface area contributed by atoms with E-state index in [0.717, 1.165) is 49.9 Å². The Kier molecular flexibility index (Phi) is 8.07. The van der Waals surface area contributed by atoms with E-state index in [1.165, 1.54) is 5.56 Å². The van der Waals surface area contributed by atoms with Gasteiger partial charge in [0.1, 0.15) is 0 Å². The third kappa shape index (κ3) is 6.10. The van der Waals surface area contributed by atoms with Crippen LogP contribution in [0.2, 0.25) is 10.0 Å². The smallest absolute Gasteiger partial charge is 0.0465 e. The predicted molar refractivity (Wildman–Crippen MR) is 105 cm³/mol. The molecule has 0 spiro atoms. The van der Waals surface area contributed by atoms with Crippen LogP contribution in [0.15, 0.2) is 48.5 Å². The van der Waals surface area contributed by atoms with Crippen LogP contribution in [0.1, 0.15) is 25.0 Å². The predicted octanol–water partition coefficient (Wildman–Crippen LogP) is 5.34. The van der Waals surface area contributed by atoms with Crippen molar-refractivity contribution in [1.82, 2.24) is 9.80 Å². The van der Waals surface area contributed by atoms with Crippen LogP contribution < -0.4 is 0 Å². The molecule has 0 aliphatic carbocycles. The lowest BCUT2D eigenvalue weighted by atomic mass is 10.1. The average Bonchev–Trinajstić information content (AvgIpc) is 2.59. The van der Waals surface area contributed by atoms with E-state index in [4.69, 9.17) is 23.2 Å². The lowest BCUT2D eigenvalue weighted by molar-refractivity contribution is 0.202. The number of halogens is 2. The summed E-state index contributed by atoms with van der Waals surface area (Å²) in [6.07, 6.45) is 0. The van der Waals surface area contributed by atoms with Gasteiger partial charge in [-0.2, -0.15) is 0 Å². The molecule has 0 radical (unpaired) electrons. The molecule has 0 saturated carbocycles. The number of benzene rings is 2. The average molecular weight is 365 g/mol. The summed E-state index contributed by atoms with van der Waals surface area (Å²) >= 11 is 12.4. The Morgan fingerprint density at radius 3 is 2.08 bits per heavy atom. The quantitative estimate of drug-likeness (QED) is 0.592. The second-order valence-corrected chi connectivity index (χ2v) is 6.80. The molecule has 0 unspecified atom stereocenters. The second kappa shape index (κ2) is 10.0. The molecule has 0 aromatic heterocycles. The van der Waals surface area contributed by atoms with Crippen LogP contribution in [0.5, 0.6) is 0 Å². The summed E-state index contributed by atoms with van der Waals surface area (Å²) in [5, 5.41) is 1.42. The molecule has 2 nitrogen and oxygen atoms in total. The molecule has 0 aliphatic rings. The van der Waals surface area contributed by atoms with Crippen molar-refractivity contribution in [2.75, 3.05) is 26.2 Å². The van der Waals surface area contributed by atoms with Gasteiger partial charge in [-0.05, 0) is 36.3 Å². The standard InChI is InChI=1S/C20H26Cl2N2/c1-3-23(4-2)12-13-24(15-17-8-6-5-7-9-17)16-18-10-11-19(21)14-20(18)22/h5-11,14H,3-4,12-13,15-16H2,1-2H3. The highest BCUT2D eigenvalue weighted by Gasteiger charge is 2.11. The van der Waals surface area contributed by atoms with Crippen molar-refractivity contribution in [1.29, 1.82) is 0 Å². The van der Waals surface area contributed by atoms with Crippen molar-refractivity contribution < 1.29 is 0 Å². The maximum absolute atomic E-state index is 6.37. The number of nitrogens with zero attached hydrogens (tertiary/aromatic N) is 2. The first-order valence-electron chi connectivity index (χ1n) is 8.55. The molecule has 0 bridgehead atoms. The minimum Gasteiger partial charge on any atom is -0.303 e. The zero-order valence-corrected chi connectivity index (χ0v) is 16.0. The Morgan fingerprint density at radius 2 is 1.46 bits per heavy atom. The van der Waals surface area contributed by atoms with Crippen LogP contribution in [0.3, 0.4) is 0 Å². The van der Waals surface area contributed by atoms with Crippen molar-refractivity contribution in [3.63, 3.8) is 0 Å². The molecule has 0 N–H and O–H groups in total. The maximum Gasteiger partial charge on any atom is 0.0465 e. The number of hydrogen-bond donors (Lipinski definition) is 0. The molecule has 0 aliphatic heterocycles. The summed E-state index contributed by atoms with van der Waals surface area (Å²) in [5.41, 5.74) is 2.44. The van der Waals surface area contributed by atoms with Gasteiger partial charge in [0.05, 0.1) is 0 Å². The molecule has 24 heavy (non-hydrogen) atoms. The summed E-state index contributed by atoms with van der Waals surface area (Å²) < 4.78 is 0. The van der Waals surface area contributed by atoms with Crippen LogP contribution in [0.4, 0.5) is 0 Å². The van der Waals surface area contributed by atoms with Crippen LogP contribution >= 0.6 is 23.2 Å². The molecule has 2 rings (SSSR count). The Labute approximate surface area is 156 Å². The highest BCUT2D eigenvalue weighted by Crippen LogP contribution is 2.23. The van der Waals surface area contributed by atoms with E-state index in [2.05, 4.69) is 54.0 Å². The van der Waals surface area contributed by atoms with Gasteiger partial charge in [-0.15, -0.1) is 0 Å². The van der Waals surface area contributed by atoms with E-state index in [1.54, 1.807) is 0 Å². The molecule has 0 heterocycles. The molecule has 130 valence electrons. The number of hydrogen-bond acceptors (Lipinski definition) is 2. The number of rotatable bonds is 9. The van der Waals surface area contributed by atoms with E-state index in [9.17, 15) is 0 Å². The van der Waals surface area contributed by atoms with Gasteiger partial charge in [0.15, 0.2) is 0 Å². The second-order valence-electron chi connectivity index (χ2n) is 5.96. The fourth-order valence-corrected chi connectivity index (χ4v) is 3.24. The van der Waals surface area contributed by atoms with Gasteiger partial charge in [0, 0.05) is 36.2 Å². The van der Waals surface area contributed by atoms with Gasteiger partial charge < -0.3 is 4.90 Å². The molecule has 0 atom stereocenters. The lowest BCUT2D eigenvalue weighted by Gasteiger charge is -2.27. The Morgan fingerprint density at radius 1 is 0.792 bits per heavy atom. The fraction of sp³-hybridized carbons (Fsp3) is 0.400. The molecule has 2 aromatic rings. The third-order valence-corrected chi connectivity index (χ3v) is 4.87. The monoisotopic (exact) mass is 364 g/mol. The molecule has 0 saturated heterocycles. The Bertz CT molecular complexity index is 612. The van der Waals surface area contributed by atoms with E-state index in [-0.39, 0.29) is 0 Å². The van der Waals surface area contributed by atoms with Crippen molar-refractivity contribution in [2.24, 2.45) is 0 Å². The molecule has 0 fully saturated rings. The molecule has 4 heteroatoms. The van der Waals surface area contributed by atoms with E-state index in [0.29, 0.717) is 5.02 Å². The number of likely N-dealkylation sites (N-methyl/N-ethyl adjacent to an activating group) is 1. The van der Waals surface area contributed by atoms with E-state index >= 15 is 0 Å². The molecular formula is C20H26Cl2N2. The van der Waals surface area contributed by atoms with Crippen LogP contribution in [-0.2, 0) is 13.1 Å². The summed E-state index contributed by atoms with van der Waals surface area (Å²) in [6.45, 7) is 10.4. The van der Waals surface area contributed by atoms with Crippen molar-refractivity contribution >= 4 is 23.2 Å². The summed E-state index contributed by atoms with van der Waals surface area (Å²) in [7, 11) is 0. The van der Waals surface area contributed by atoms with Crippen molar-refractivity contribution in [2.45, 2.75) is 26.9 Å². The van der Waals surface area contributed by atoms with Gasteiger partial charge in [-0.1, -0.05) is 73.4 Å². The highest BCUT2D eigenvalue weighted by atomic mass is 35.5. The summed E-state index contributed by atoms with van der Waals surface area (Å²) in [6, 6.07) is 16.3. The zero-order chi connectivity index (χ0) is 17.4. The Balaban J connectivity index is 2.09. The van der Waals surface area contributed by atoms with E-state index in [1.807, 2.05) is 18.2 Å². The molecule has 2 aromatic carbocycles. The van der Waals surface area contributed by atoms with Crippen LogP contribution in [-0.4, -0.2) is 36.0 Å². The van der Waals surface area contributed by atoms with Crippen molar-refractivity contribution in [3.8, 4) is 0 Å². The minimum atomic E-state index is 0.682. The SMILES string of the molecule is CCN(CC)CCN(Cc1ccccc1)Cc1ccc(Cl)cc1Cl. The maximum atomic E-state index is 6.37. The van der Waals surface area contributed by atoms with Crippen LogP contribution in [0.25, 0.3) is 0 Å². The summed E-state index contributed by atoms with van der Waals surface area (Å²) in [4.78, 5) is 4.89. The largest absolute Gasteiger partial charge is 0.303 e.